The molecule has 2 aromatic rings. The van der Waals surface area contributed by atoms with Crippen LogP contribution in [0.2, 0.25) is 0 Å². The van der Waals surface area contributed by atoms with Gasteiger partial charge in [0.15, 0.2) is 0 Å². The lowest BCUT2D eigenvalue weighted by atomic mass is 10.0. The van der Waals surface area contributed by atoms with Gasteiger partial charge in [-0.2, -0.15) is 0 Å². The van der Waals surface area contributed by atoms with Crippen molar-refractivity contribution in [2.45, 2.75) is 33.2 Å². The molecule has 0 amide bonds. The average molecular weight is 364 g/mol. The Morgan fingerprint density at radius 1 is 1.37 bits per heavy atom. The first-order chi connectivity index (χ1) is 13.1. The highest BCUT2D eigenvalue weighted by Crippen LogP contribution is 2.21. The Hall–Kier alpha value is -2.53. The fourth-order valence-electron chi connectivity index (χ4n) is 3.53. The Morgan fingerprint density at radius 3 is 2.93 bits per heavy atom. The Labute approximate surface area is 161 Å². The number of nitrogens with zero attached hydrogens (tertiary/aromatic N) is 3. The Bertz CT molecular complexity index is 801. The van der Waals surface area contributed by atoms with E-state index in [1.807, 2.05) is 31.2 Å². The van der Waals surface area contributed by atoms with Gasteiger partial charge >= 0.3 is 0 Å². The van der Waals surface area contributed by atoms with Crippen molar-refractivity contribution in [3.05, 3.63) is 59.6 Å². The molecule has 5 heteroatoms. The first-order valence-electron chi connectivity index (χ1n) is 9.65. The summed E-state index contributed by atoms with van der Waals surface area (Å²) in [4.78, 5) is 24.1. The molecular formula is C22H28N4O. The fraction of sp³-hybridized carbons (Fsp3) is 0.409. The number of aromatic nitrogens is 2. The van der Waals surface area contributed by atoms with Crippen molar-refractivity contribution in [3.63, 3.8) is 0 Å². The van der Waals surface area contributed by atoms with Crippen LogP contribution in [-0.2, 0) is 0 Å². The third kappa shape index (κ3) is 4.80. The average Bonchev–Trinajstić information content (AvgIpc) is 2.68. The predicted octanol–water partition coefficient (Wildman–Crippen LogP) is 3.57. The Balaban J connectivity index is 1.90. The summed E-state index contributed by atoms with van der Waals surface area (Å²) in [5.41, 5.74) is 1.88. The van der Waals surface area contributed by atoms with E-state index >= 15 is 0 Å². The summed E-state index contributed by atoms with van der Waals surface area (Å²) in [6, 6.07) is 8.03. The number of allylic oxidation sites excluding steroid dienone is 1. The van der Waals surface area contributed by atoms with Crippen LogP contribution in [0.1, 0.15) is 48.8 Å². The zero-order valence-electron chi connectivity index (χ0n) is 16.4. The first kappa shape index (κ1) is 19.2. The number of carbonyl (C=O) groups excluding carboxylic acids is 1. The number of piperazine rings is 1. The largest absolute Gasteiger partial charge is 0.354 e. The molecule has 1 atom stereocenters. The van der Waals surface area contributed by atoms with Gasteiger partial charge in [0.1, 0.15) is 11.5 Å². The van der Waals surface area contributed by atoms with Gasteiger partial charge in [0.2, 0.25) is 5.78 Å². The lowest BCUT2D eigenvalue weighted by Crippen LogP contribution is -2.51. The molecule has 0 aromatic carbocycles. The van der Waals surface area contributed by atoms with Gasteiger partial charge < -0.3 is 10.2 Å². The standard InChI is InChI=1S/C22H28N4O/c1-4-6-17-8-9-20(26-12-11-24-19(15-26)13-16(2)3)25-21(17)22(27)18-7-5-10-23-14-18/h4-10,14,16,19,24H,11-13,15H2,1-3H3/b6-4+/t19-/m0/s1. The van der Waals surface area contributed by atoms with E-state index in [2.05, 4.69) is 29.0 Å². The summed E-state index contributed by atoms with van der Waals surface area (Å²) in [5, 5.41) is 3.59. The van der Waals surface area contributed by atoms with Crippen molar-refractivity contribution < 1.29 is 4.79 Å². The van der Waals surface area contributed by atoms with Crippen molar-refractivity contribution in [1.29, 1.82) is 0 Å². The predicted molar refractivity (Wildman–Crippen MR) is 110 cm³/mol. The molecule has 1 N–H and O–H groups in total. The molecule has 2 aromatic heterocycles. The number of nitrogens with one attached hydrogen (secondary N) is 1. The third-order valence-electron chi connectivity index (χ3n) is 4.73. The second-order valence-electron chi connectivity index (χ2n) is 7.40. The van der Waals surface area contributed by atoms with Gasteiger partial charge in [-0.05, 0) is 43.5 Å². The molecular weight excluding hydrogens is 336 g/mol. The third-order valence-corrected chi connectivity index (χ3v) is 4.73. The Morgan fingerprint density at radius 2 is 2.22 bits per heavy atom. The summed E-state index contributed by atoms with van der Waals surface area (Å²) >= 11 is 0. The van der Waals surface area contributed by atoms with Crippen LogP contribution in [0.15, 0.2) is 42.7 Å². The Kier molecular flexibility index (Phi) is 6.35. The van der Waals surface area contributed by atoms with Crippen LogP contribution in [0, 0.1) is 5.92 Å². The SMILES string of the molecule is C/C=C/c1ccc(N2CCN[C@@H](CC(C)C)C2)nc1C(=O)c1cccnc1. The number of rotatable bonds is 6. The van der Waals surface area contributed by atoms with Gasteiger partial charge in [-0.15, -0.1) is 0 Å². The highest BCUT2D eigenvalue weighted by atomic mass is 16.1. The maximum absolute atomic E-state index is 13.0. The van der Waals surface area contributed by atoms with E-state index in [9.17, 15) is 4.79 Å². The van der Waals surface area contributed by atoms with Gasteiger partial charge in [0.05, 0.1) is 0 Å². The second kappa shape index (κ2) is 8.91. The van der Waals surface area contributed by atoms with Crippen LogP contribution in [-0.4, -0.2) is 41.4 Å². The number of ketones is 1. The maximum Gasteiger partial charge on any atom is 0.213 e. The molecule has 0 aliphatic carbocycles. The fourth-order valence-corrected chi connectivity index (χ4v) is 3.53. The van der Waals surface area contributed by atoms with Gasteiger partial charge in [-0.1, -0.05) is 26.0 Å². The van der Waals surface area contributed by atoms with Crippen LogP contribution in [0.5, 0.6) is 0 Å². The second-order valence-corrected chi connectivity index (χ2v) is 7.40. The molecule has 27 heavy (non-hydrogen) atoms. The summed E-state index contributed by atoms with van der Waals surface area (Å²) < 4.78 is 0. The number of pyridine rings is 2. The molecule has 1 aliphatic heterocycles. The number of anilines is 1. The van der Waals surface area contributed by atoms with E-state index in [1.165, 1.54) is 0 Å². The van der Waals surface area contributed by atoms with Gasteiger partial charge in [0.25, 0.3) is 0 Å². The minimum Gasteiger partial charge on any atom is -0.354 e. The van der Waals surface area contributed by atoms with Crippen molar-refractivity contribution in [2.75, 3.05) is 24.5 Å². The lowest BCUT2D eigenvalue weighted by Gasteiger charge is -2.35. The minimum atomic E-state index is -0.0908. The van der Waals surface area contributed by atoms with Crippen LogP contribution in [0.25, 0.3) is 6.08 Å². The molecule has 1 aliphatic rings. The van der Waals surface area contributed by atoms with Gasteiger partial charge in [-0.3, -0.25) is 9.78 Å². The summed E-state index contributed by atoms with van der Waals surface area (Å²) in [7, 11) is 0. The van der Waals surface area contributed by atoms with E-state index in [-0.39, 0.29) is 5.78 Å². The highest BCUT2D eigenvalue weighted by molar-refractivity contribution is 6.09. The molecule has 142 valence electrons. The molecule has 5 nitrogen and oxygen atoms in total. The molecule has 0 bridgehead atoms. The van der Waals surface area contributed by atoms with Crippen molar-refractivity contribution in [1.82, 2.24) is 15.3 Å². The monoisotopic (exact) mass is 364 g/mol. The summed E-state index contributed by atoms with van der Waals surface area (Å²) in [5.74, 6) is 1.42. The van der Waals surface area contributed by atoms with Crippen molar-refractivity contribution in [3.8, 4) is 0 Å². The summed E-state index contributed by atoms with van der Waals surface area (Å²) in [6.07, 6.45) is 8.26. The zero-order valence-corrected chi connectivity index (χ0v) is 16.4. The lowest BCUT2D eigenvalue weighted by molar-refractivity contribution is 0.103. The molecule has 0 saturated carbocycles. The van der Waals surface area contributed by atoms with E-state index in [1.54, 1.807) is 24.5 Å². The van der Waals surface area contributed by atoms with Gasteiger partial charge in [-0.25, -0.2) is 4.98 Å². The van der Waals surface area contributed by atoms with Crippen LogP contribution < -0.4 is 10.2 Å². The molecule has 0 spiro atoms. The van der Waals surface area contributed by atoms with E-state index in [4.69, 9.17) is 4.98 Å². The summed E-state index contributed by atoms with van der Waals surface area (Å²) in [6.45, 7) is 9.17. The van der Waals surface area contributed by atoms with Crippen LogP contribution in [0.4, 0.5) is 5.82 Å². The molecule has 1 fully saturated rings. The van der Waals surface area contributed by atoms with E-state index < -0.39 is 0 Å². The van der Waals surface area contributed by atoms with Gasteiger partial charge in [0, 0.05) is 49.2 Å². The van der Waals surface area contributed by atoms with Crippen molar-refractivity contribution >= 4 is 17.7 Å². The number of hydrogen-bond donors (Lipinski definition) is 1. The number of hydrogen-bond acceptors (Lipinski definition) is 5. The maximum atomic E-state index is 13.0. The zero-order chi connectivity index (χ0) is 19.2. The van der Waals surface area contributed by atoms with E-state index in [0.717, 1.165) is 37.4 Å². The topological polar surface area (TPSA) is 58.1 Å². The first-order valence-corrected chi connectivity index (χ1v) is 9.65. The molecule has 1 saturated heterocycles. The van der Waals surface area contributed by atoms with Crippen molar-refractivity contribution in [2.24, 2.45) is 5.92 Å². The molecule has 0 unspecified atom stereocenters. The normalized spacial score (nSPS) is 17.6. The smallest absolute Gasteiger partial charge is 0.213 e. The van der Waals surface area contributed by atoms with Crippen LogP contribution >= 0.6 is 0 Å². The molecule has 0 radical (unpaired) electrons. The number of carbonyl (C=O) groups is 1. The minimum absolute atomic E-state index is 0.0908. The molecule has 3 rings (SSSR count). The van der Waals surface area contributed by atoms with Crippen LogP contribution in [0.3, 0.4) is 0 Å². The van der Waals surface area contributed by atoms with E-state index in [0.29, 0.717) is 23.2 Å². The molecule has 3 heterocycles. The highest BCUT2D eigenvalue weighted by Gasteiger charge is 2.23. The quantitative estimate of drug-likeness (QED) is 0.794.